The van der Waals surface area contributed by atoms with Gasteiger partial charge in [0.1, 0.15) is 5.82 Å². The molecule has 0 amide bonds. The van der Waals surface area contributed by atoms with Gasteiger partial charge >= 0.3 is 0 Å². The largest absolute Gasteiger partial charge is 0.374 e. The number of benzene rings is 1. The molecule has 0 radical (unpaired) electrons. The first-order chi connectivity index (χ1) is 10.8. The Morgan fingerprint density at radius 3 is 2.91 bits per heavy atom. The van der Waals surface area contributed by atoms with Crippen molar-refractivity contribution < 1.29 is 9.13 Å². The lowest BCUT2D eigenvalue weighted by Crippen LogP contribution is -2.50. The molecule has 0 unspecified atom stereocenters. The van der Waals surface area contributed by atoms with Crippen LogP contribution >= 0.6 is 12.4 Å². The van der Waals surface area contributed by atoms with Crippen molar-refractivity contribution in [3.63, 3.8) is 0 Å². The number of nitrogens with zero attached hydrogens (tertiary/aromatic N) is 2. The maximum Gasteiger partial charge on any atom is 0.123 e. The van der Waals surface area contributed by atoms with E-state index in [1.165, 1.54) is 12.1 Å². The maximum absolute atomic E-state index is 13.1. The summed E-state index contributed by atoms with van der Waals surface area (Å²) in [6, 6.07) is 6.94. The SMILES string of the molecule is Cl.Fc1ccc(-c2[nH]ncc2CN2CCO[C@H]3CNC[C@H]32)cc1. The summed E-state index contributed by atoms with van der Waals surface area (Å²) in [5.41, 5.74) is 3.07. The van der Waals surface area contributed by atoms with E-state index in [1.807, 2.05) is 6.20 Å². The predicted octanol–water partition coefficient (Wildman–Crippen LogP) is 1.81. The summed E-state index contributed by atoms with van der Waals surface area (Å²) in [4.78, 5) is 2.45. The van der Waals surface area contributed by atoms with Crippen LogP contribution in [0.5, 0.6) is 0 Å². The summed E-state index contributed by atoms with van der Waals surface area (Å²) in [6.45, 7) is 4.42. The highest BCUT2D eigenvalue weighted by atomic mass is 35.5. The van der Waals surface area contributed by atoms with Crippen molar-refractivity contribution in [1.82, 2.24) is 20.4 Å². The fraction of sp³-hybridized carbons (Fsp3) is 0.438. The number of morpholine rings is 1. The van der Waals surface area contributed by atoms with Crippen molar-refractivity contribution in [3.05, 3.63) is 41.8 Å². The van der Waals surface area contributed by atoms with Crippen LogP contribution in [0.15, 0.2) is 30.5 Å². The molecule has 4 rings (SSSR count). The van der Waals surface area contributed by atoms with E-state index < -0.39 is 0 Å². The standard InChI is InChI=1S/C16H19FN4O.ClH/c17-13-3-1-11(2-4-13)16-12(7-19-20-16)10-21-5-6-22-15-9-18-8-14(15)21;/h1-4,7,14-15,18H,5-6,8-10H2,(H,19,20);1H/t14-,15+;/m1./s1. The molecule has 1 aromatic carbocycles. The van der Waals surface area contributed by atoms with E-state index >= 15 is 0 Å². The number of hydrogen-bond donors (Lipinski definition) is 2. The highest BCUT2D eigenvalue weighted by Gasteiger charge is 2.36. The van der Waals surface area contributed by atoms with E-state index in [0.29, 0.717) is 6.04 Å². The molecule has 2 N–H and O–H groups in total. The molecule has 3 heterocycles. The van der Waals surface area contributed by atoms with Gasteiger partial charge in [-0.3, -0.25) is 10.00 Å². The number of aromatic nitrogens is 2. The van der Waals surface area contributed by atoms with Gasteiger partial charge in [0.25, 0.3) is 0 Å². The monoisotopic (exact) mass is 338 g/mol. The lowest BCUT2D eigenvalue weighted by molar-refractivity contribution is -0.0499. The molecule has 0 aliphatic carbocycles. The van der Waals surface area contributed by atoms with E-state index in [2.05, 4.69) is 20.4 Å². The van der Waals surface area contributed by atoms with E-state index in [-0.39, 0.29) is 24.3 Å². The lowest BCUT2D eigenvalue weighted by atomic mass is 10.1. The first-order valence-corrected chi connectivity index (χ1v) is 7.66. The summed E-state index contributed by atoms with van der Waals surface area (Å²) in [7, 11) is 0. The topological polar surface area (TPSA) is 53.2 Å². The molecule has 2 saturated heterocycles. The fourth-order valence-corrected chi connectivity index (χ4v) is 3.37. The first-order valence-electron chi connectivity index (χ1n) is 7.66. The lowest BCUT2D eigenvalue weighted by Gasteiger charge is -2.36. The van der Waals surface area contributed by atoms with Crippen LogP contribution < -0.4 is 5.32 Å². The van der Waals surface area contributed by atoms with Crippen LogP contribution in [0.2, 0.25) is 0 Å². The van der Waals surface area contributed by atoms with Crippen LogP contribution in [0.1, 0.15) is 5.56 Å². The zero-order chi connectivity index (χ0) is 14.9. The summed E-state index contributed by atoms with van der Waals surface area (Å²) in [5, 5.41) is 10.6. The van der Waals surface area contributed by atoms with E-state index in [9.17, 15) is 4.39 Å². The van der Waals surface area contributed by atoms with Gasteiger partial charge in [-0.1, -0.05) is 0 Å². The number of aromatic amines is 1. The average molecular weight is 339 g/mol. The van der Waals surface area contributed by atoms with Crippen molar-refractivity contribution in [3.8, 4) is 11.3 Å². The predicted molar refractivity (Wildman–Crippen MR) is 88.0 cm³/mol. The number of fused-ring (bicyclic) bond motifs is 1. The smallest absolute Gasteiger partial charge is 0.123 e. The Labute approximate surface area is 140 Å². The van der Waals surface area contributed by atoms with Crippen molar-refractivity contribution >= 4 is 12.4 Å². The highest BCUT2D eigenvalue weighted by Crippen LogP contribution is 2.25. The van der Waals surface area contributed by atoms with Crippen molar-refractivity contribution in [2.75, 3.05) is 26.2 Å². The average Bonchev–Trinajstić information content (AvgIpc) is 3.17. The minimum Gasteiger partial charge on any atom is -0.374 e. The molecule has 2 atom stereocenters. The third-order valence-corrected chi connectivity index (χ3v) is 4.53. The minimum atomic E-state index is -0.224. The molecule has 2 aromatic rings. The molecule has 0 saturated carbocycles. The minimum absolute atomic E-state index is 0. The second kappa shape index (κ2) is 6.97. The molecule has 1 aromatic heterocycles. The summed E-state index contributed by atoms with van der Waals surface area (Å²) >= 11 is 0. The number of H-pyrrole nitrogens is 1. The van der Waals surface area contributed by atoms with Gasteiger partial charge in [-0.25, -0.2) is 4.39 Å². The van der Waals surface area contributed by atoms with Crippen LogP contribution in [-0.2, 0) is 11.3 Å². The molecule has 7 heteroatoms. The Balaban J connectivity index is 0.00000156. The second-order valence-electron chi connectivity index (χ2n) is 5.88. The van der Waals surface area contributed by atoms with Gasteiger partial charge in [-0.05, 0) is 24.3 Å². The number of rotatable bonds is 3. The van der Waals surface area contributed by atoms with E-state index in [1.54, 1.807) is 12.1 Å². The molecule has 2 fully saturated rings. The van der Waals surface area contributed by atoms with Crippen molar-refractivity contribution in [1.29, 1.82) is 0 Å². The quantitative estimate of drug-likeness (QED) is 0.896. The van der Waals surface area contributed by atoms with Crippen LogP contribution in [0, 0.1) is 5.82 Å². The van der Waals surface area contributed by atoms with Gasteiger partial charge in [0, 0.05) is 43.3 Å². The fourth-order valence-electron chi connectivity index (χ4n) is 3.37. The zero-order valence-electron chi connectivity index (χ0n) is 12.7. The van der Waals surface area contributed by atoms with Gasteiger partial charge in [-0.15, -0.1) is 12.4 Å². The molecule has 23 heavy (non-hydrogen) atoms. The number of ether oxygens (including phenoxy) is 1. The Kier molecular flexibility index (Phi) is 4.96. The molecule has 2 aliphatic rings. The van der Waals surface area contributed by atoms with Crippen LogP contribution in [0.3, 0.4) is 0 Å². The molecular formula is C16H20ClFN4O. The molecule has 0 spiro atoms. The molecule has 5 nitrogen and oxygen atoms in total. The summed E-state index contributed by atoms with van der Waals surface area (Å²) in [6.07, 6.45) is 2.15. The highest BCUT2D eigenvalue weighted by molar-refractivity contribution is 5.85. The first kappa shape index (κ1) is 16.4. The van der Waals surface area contributed by atoms with Crippen molar-refractivity contribution in [2.45, 2.75) is 18.7 Å². The summed E-state index contributed by atoms with van der Waals surface area (Å²) < 4.78 is 18.9. The number of hydrogen-bond acceptors (Lipinski definition) is 4. The van der Waals surface area contributed by atoms with Gasteiger partial charge in [0.2, 0.25) is 0 Å². The van der Waals surface area contributed by atoms with Crippen LogP contribution in [-0.4, -0.2) is 53.5 Å². The van der Waals surface area contributed by atoms with Gasteiger partial charge in [0.05, 0.1) is 24.6 Å². The van der Waals surface area contributed by atoms with Crippen LogP contribution in [0.25, 0.3) is 11.3 Å². The van der Waals surface area contributed by atoms with Crippen molar-refractivity contribution in [2.24, 2.45) is 0 Å². The van der Waals surface area contributed by atoms with Crippen LogP contribution in [0.4, 0.5) is 4.39 Å². The Morgan fingerprint density at radius 1 is 1.26 bits per heavy atom. The molecule has 0 bridgehead atoms. The zero-order valence-corrected chi connectivity index (χ0v) is 13.5. The maximum atomic E-state index is 13.1. The number of halogens is 2. The summed E-state index contributed by atoms with van der Waals surface area (Å²) in [5.74, 6) is -0.224. The van der Waals surface area contributed by atoms with E-state index in [0.717, 1.165) is 49.6 Å². The Bertz CT molecular complexity index is 648. The molecular weight excluding hydrogens is 319 g/mol. The third-order valence-electron chi connectivity index (χ3n) is 4.53. The van der Waals surface area contributed by atoms with Gasteiger partial charge < -0.3 is 10.1 Å². The van der Waals surface area contributed by atoms with Gasteiger partial charge in [-0.2, -0.15) is 5.10 Å². The Hall–Kier alpha value is -1.47. The molecule has 2 aliphatic heterocycles. The Morgan fingerprint density at radius 2 is 2.09 bits per heavy atom. The normalized spacial score (nSPS) is 24.2. The second-order valence-corrected chi connectivity index (χ2v) is 5.88. The number of nitrogens with one attached hydrogen (secondary N) is 2. The van der Waals surface area contributed by atoms with E-state index in [4.69, 9.17) is 4.74 Å². The van der Waals surface area contributed by atoms with Gasteiger partial charge in [0.15, 0.2) is 0 Å². The third kappa shape index (κ3) is 3.26. The molecule has 124 valence electrons.